The molecule has 2 heterocycles. The molecule has 2 aromatic rings. The molecule has 2 aromatic carbocycles. The zero-order valence-electron chi connectivity index (χ0n) is 54.4. The van der Waals surface area contributed by atoms with Crippen LogP contribution in [0.25, 0.3) is 0 Å². The molecule has 2 aliphatic heterocycles. The summed E-state index contributed by atoms with van der Waals surface area (Å²) in [5, 5.41) is 30.6. The van der Waals surface area contributed by atoms with Gasteiger partial charge in [0.15, 0.2) is 5.96 Å². The van der Waals surface area contributed by atoms with Gasteiger partial charge in [-0.25, -0.2) is 4.79 Å². The molecule has 95 heavy (non-hydrogen) atoms. The SMILES string of the molecule is CSCC[C@H](NC(=O)[C@@H](CC(C)C)NC(=O)CNC(=O)[C@@H](Cc1ccccc1)NC(=O)[C@@H](Cc1ccccc1)NC(=O)[C@H](CCC(N)=O)NC(=O)[C@@H](CCC(N)=O)NC(=O)[C@@H]1CCCN1C(=O)[C@H](CCCCN)NC(=O)[C@@H]1CCCN1C(=O)[C@H](N)CCCN=C(N)N)C(=O)O. The molecular weight excluding hydrogens is 1250 g/mol. The molecule has 0 aromatic heterocycles. The van der Waals surface area contributed by atoms with E-state index in [-0.39, 0.29) is 83.0 Å². The number of nitrogens with one attached hydrogen (secondary N) is 8. The topological polar surface area (TPSA) is 513 Å². The van der Waals surface area contributed by atoms with E-state index in [0.29, 0.717) is 55.4 Å². The Bertz CT molecular complexity index is 2960. The fraction of sp³-hybridized carbons (Fsp3) is 0.587. The van der Waals surface area contributed by atoms with E-state index in [1.165, 1.54) is 21.6 Å². The van der Waals surface area contributed by atoms with E-state index in [0.717, 1.165) is 0 Å². The number of thioether (sulfide) groups is 1. The fourth-order valence-corrected chi connectivity index (χ4v) is 11.5. The van der Waals surface area contributed by atoms with E-state index in [1.54, 1.807) is 80.8 Å². The van der Waals surface area contributed by atoms with Crippen molar-refractivity contribution in [3.8, 4) is 0 Å². The maximum atomic E-state index is 14.7. The number of carboxylic acids is 1. The van der Waals surface area contributed by atoms with Gasteiger partial charge in [-0.05, 0) is 119 Å². The summed E-state index contributed by atoms with van der Waals surface area (Å²) >= 11 is 1.40. The van der Waals surface area contributed by atoms with Crippen LogP contribution in [0.3, 0.4) is 0 Å². The molecule has 31 nitrogen and oxygen atoms in total. The van der Waals surface area contributed by atoms with Crippen LogP contribution in [0.15, 0.2) is 65.7 Å². The molecular formula is C63H97N17O14S. The Balaban J connectivity index is 1.56. The lowest BCUT2D eigenvalue weighted by Gasteiger charge is -2.32. The summed E-state index contributed by atoms with van der Waals surface area (Å²) in [5.41, 5.74) is 35.0. The highest BCUT2D eigenvalue weighted by molar-refractivity contribution is 7.98. The highest BCUT2D eigenvalue weighted by atomic mass is 32.2. The van der Waals surface area contributed by atoms with Gasteiger partial charge in [0.1, 0.15) is 54.4 Å². The molecule has 524 valence electrons. The number of carbonyl (C=O) groups is 13. The number of carboxylic acid groups (broad SMARTS) is 1. The van der Waals surface area contributed by atoms with Crippen molar-refractivity contribution in [3.05, 3.63) is 71.8 Å². The van der Waals surface area contributed by atoms with Crippen molar-refractivity contribution in [2.45, 2.75) is 183 Å². The number of nitrogens with two attached hydrogens (primary N) is 6. The van der Waals surface area contributed by atoms with Crippen LogP contribution in [0.2, 0.25) is 0 Å². The van der Waals surface area contributed by atoms with Crippen LogP contribution >= 0.6 is 11.8 Å². The summed E-state index contributed by atoms with van der Waals surface area (Å²) in [6, 6.07) is 4.12. The fourth-order valence-electron chi connectivity index (χ4n) is 11.0. The first-order valence-corrected chi connectivity index (χ1v) is 33.5. The van der Waals surface area contributed by atoms with E-state index in [2.05, 4.69) is 47.5 Å². The van der Waals surface area contributed by atoms with Gasteiger partial charge >= 0.3 is 5.97 Å². The van der Waals surface area contributed by atoms with Gasteiger partial charge in [0.05, 0.1) is 12.6 Å². The zero-order valence-corrected chi connectivity index (χ0v) is 55.2. The van der Waals surface area contributed by atoms with Crippen LogP contribution in [0.5, 0.6) is 0 Å². The monoisotopic (exact) mass is 1350 g/mol. The van der Waals surface area contributed by atoms with Crippen molar-refractivity contribution >= 4 is 94.6 Å². The minimum atomic E-state index is -1.65. The number of hydrogen-bond donors (Lipinski definition) is 15. The van der Waals surface area contributed by atoms with E-state index < -0.39 is 170 Å². The van der Waals surface area contributed by atoms with E-state index in [4.69, 9.17) is 34.4 Å². The second-order valence-electron chi connectivity index (χ2n) is 24.1. The van der Waals surface area contributed by atoms with Crippen LogP contribution in [0.1, 0.15) is 121 Å². The molecule has 0 radical (unpaired) electrons. The van der Waals surface area contributed by atoms with Gasteiger partial charge in [-0.1, -0.05) is 74.5 Å². The van der Waals surface area contributed by atoms with Gasteiger partial charge < -0.3 is 91.8 Å². The molecule has 2 aliphatic rings. The van der Waals surface area contributed by atoms with Crippen LogP contribution < -0.4 is 76.9 Å². The molecule has 32 heteroatoms. The van der Waals surface area contributed by atoms with Crippen molar-refractivity contribution in [2.75, 3.05) is 44.7 Å². The number of benzene rings is 2. The lowest BCUT2D eigenvalue weighted by Crippen LogP contribution is -2.60. The average molecular weight is 1350 g/mol. The van der Waals surface area contributed by atoms with Gasteiger partial charge in [0.2, 0.25) is 70.9 Å². The maximum Gasteiger partial charge on any atom is 0.326 e. The minimum absolute atomic E-state index is 0.0706. The molecule has 0 unspecified atom stereocenters. The van der Waals surface area contributed by atoms with E-state index in [1.807, 2.05) is 0 Å². The maximum absolute atomic E-state index is 14.7. The van der Waals surface area contributed by atoms with Crippen molar-refractivity contribution < 1.29 is 67.4 Å². The Morgan fingerprint density at radius 2 is 1.03 bits per heavy atom. The van der Waals surface area contributed by atoms with Crippen LogP contribution in [0, 0.1) is 5.92 Å². The number of aliphatic carboxylic acids is 1. The number of hydrogen-bond acceptors (Lipinski definition) is 17. The lowest BCUT2D eigenvalue weighted by atomic mass is 10.0. The van der Waals surface area contributed by atoms with Gasteiger partial charge in [-0.3, -0.25) is 62.5 Å². The first kappa shape index (κ1) is 78.5. The van der Waals surface area contributed by atoms with Gasteiger partial charge in [-0.2, -0.15) is 11.8 Å². The van der Waals surface area contributed by atoms with Crippen LogP contribution in [0.4, 0.5) is 0 Å². The van der Waals surface area contributed by atoms with Gasteiger partial charge in [0, 0.05) is 45.3 Å². The minimum Gasteiger partial charge on any atom is -0.480 e. The number of guanidine groups is 1. The number of unbranched alkanes of at least 4 members (excludes halogenated alkanes) is 1. The van der Waals surface area contributed by atoms with Gasteiger partial charge in [0.25, 0.3) is 0 Å². The second-order valence-corrected chi connectivity index (χ2v) is 25.0. The molecule has 10 atom stereocenters. The third kappa shape index (κ3) is 27.5. The number of amides is 12. The summed E-state index contributed by atoms with van der Waals surface area (Å²) < 4.78 is 0. The average Bonchev–Trinajstić information content (AvgIpc) is 1.74. The van der Waals surface area contributed by atoms with E-state index >= 15 is 0 Å². The molecule has 12 amide bonds. The Morgan fingerprint density at radius 3 is 1.53 bits per heavy atom. The molecule has 0 saturated carbocycles. The summed E-state index contributed by atoms with van der Waals surface area (Å²) in [4.78, 5) is 184. The Morgan fingerprint density at radius 1 is 0.558 bits per heavy atom. The van der Waals surface area contributed by atoms with Crippen LogP contribution in [-0.4, -0.2) is 203 Å². The summed E-state index contributed by atoms with van der Waals surface area (Å²) in [6.45, 7) is 3.78. The molecule has 0 bridgehead atoms. The van der Waals surface area contributed by atoms with Crippen molar-refractivity contribution in [3.63, 3.8) is 0 Å². The predicted molar refractivity (Wildman–Crippen MR) is 354 cm³/mol. The Labute approximate surface area is 557 Å². The van der Waals surface area contributed by atoms with Crippen molar-refractivity contribution in [1.82, 2.24) is 52.3 Å². The Hall–Kier alpha value is -8.91. The third-order valence-corrected chi connectivity index (χ3v) is 16.6. The first-order valence-electron chi connectivity index (χ1n) is 32.1. The Kier molecular flexibility index (Phi) is 33.9. The standard InChI is InChI=1S/C63H97N17O14S/c1-37(2)33-45(56(87)76-44(62(93)94)27-32-95-3)72-52(83)36-71-53(84)46(34-38-15-6-4-7-16-38)77-57(88)47(35-39-17-8-5-9-18-39)78-55(86)41(23-25-50(66)81)73-54(85)42(24-26-51(67)82)74-58(89)49-22-14-31-80(49)61(92)43(20-10-11-28-64)75-59(90)48-21-13-30-79(48)60(91)40(65)19-12-29-70-63(68)69/h4-9,15-18,37,40-49H,10-14,19-36,64-65H2,1-3H3,(H2,66,81)(H2,67,82)(H,71,84)(H,72,83)(H,73,85)(H,74,89)(H,75,90)(H,76,87)(H,77,88)(H,78,86)(H,93,94)(H4,68,69,70)/t40-,41+,42-,43+,44+,45-,46-,47-,48+,49+/m1/s1. The zero-order chi connectivity index (χ0) is 70.1. The highest BCUT2D eigenvalue weighted by Gasteiger charge is 2.42. The molecule has 0 aliphatic carbocycles. The largest absolute Gasteiger partial charge is 0.480 e. The molecule has 4 rings (SSSR count). The quantitative estimate of drug-likeness (QED) is 0.0178. The van der Waals surface area contributed by atoms with Crippen LogP contribution in [-0.2, 0) is 75.2 Å². The van der Waals surface area contributed by atoms with Gasteiger partial charge in [-0.15, -0.1) is 0 Å². The summed E-state index contributed by atoms with van der Waals surface area (Å²) in [7, 11) is 0. The first-order chi connectivity index (χ1) is 45.2. The smallest absolute Gasteiger partial charge is 0.326 e. The molecule has 2 fully saturated rings. The summed E-state index contributed by atoms with van der Waals surface area (Å²) in [5.74, 6) is -10.6. The molecule has 0 spiro atoms. The molecule has 21 N–H and O–H groups in total. The number of aliphatic imine (C=N–C) groups is 1. The lowest BCUT2D eigenvalue weighted by molar-refractivity contribution is -0.144. The number of primary amides is 2. The molecule has 2 saturated heterocycles. The number of rotatable bonds is 42. The normalized spacial score (nSPS) is 16.8. The third-order valence-electron chi connectivity index (χ3n) is 16.0. The van der Waals surface area contributed by atoms with E-state index in [9.17, 15) is 67.4 Å². The number of carbonyl (C=O) groups excluding carboxylic acids is 12. The number of likely N-dealkylation sites (tertiary alicyclic amines) is 2. The predicted octanol–water partition coefficient (Wildman–Crippen LogP) is -3.11. The summed E-state index contributed by atoms with van der Waals surface area (Å²) in [6.07, 6.45) is 2.86. The second kappa shape index (κ2) is 41.0. The van der Waals surface area contributed by atoms with Crippen molar-refractivity contribution in [2.24, 2.45) is 45.3 Å². The van der Waals surface area contributed by atoms with Crippen molar-refractivity contribution in [1.29, 1.82) is 0 Å². The number of nitrogens with zero attached hydrogens (tertiary/aromatic N) is 3. The highest BCUT2D eigenvalue weighted by Crippen LogP contribution is 2.24.